The van der Waals surface area contributed by atoms with E-state index in [0.29, 0.717) is 0 Å². The average molecular weight is 482 g/mol. The Bertz CT molecular complexity index is 979. The number of hydrogen-bond donors (Lipinski definition) is 0. The number of ether oxygens (including phenoxy) is 2. The molecule has 0 N–H and O–H groups in total. The first kappa shape index (κ1) is 24.2. The summed E-state index contributed by atoms with van der Waals surface area (Å²) in [5, 5.41) is 9.92. The van der Waals surface area contributed by atoms with Gasteiger partial charge in [-0.25, -0.2) is 4.98 Å². The van der Waals surface area contributed by atoms with Crippen LogP contribution in [0.15, 0.2) is 18.5 Å². The molecule has 4 atom stereocenters. The predicted octanol–water partition coefficient (Wildman–Crippen LogP) is 2.17. The van der Waals surface area contributed by atoms with Crippen LogP contribution in [0.25, 0.3) is 11.0 Å². The Morgan fingerprint density at radius 3 is 2.76 bits per heavy atom. The summed E-state index contributed by atoms with van der Waals surface area (Å²) in [5.74, 6) is 0. The molecule has 3 fully saturated rings. The van der Waals surface area contributed by atoms with Gasteiger partial charge in [-0.05, 0) is 44.0 Å². The molecule has 2 aromatic rings. The lowest BCUT2D eigenvalue weighted by atomic mass is 10.1. The van der Waals surface area contributed by atoms with Crippen LogP contribution in [0.3, 0.4) is 0 Å². The van der Waals surface area contributed by atoms with Gasteiger partial charge in [0.05, 0.1) is 30.1 Å². The number of hydrogen-bond acceptors (Lipinski definition) is 8. The summed E-state index contributed by atoms with van der Waals surface area (Å²) < 4.78 is 14.1. The maximum Gasteiger partial charge on any atom is 0.294 e. The summed E-state index contributed by atoms with van der Waals surface area (Å²) in [6.07, 6.45) is 2.66. The molecule has 0 unspecified atom stereocenters. The second-order valence-corrected chi connectivity index (χ2v) is 9.07. The molecule has 4 heterocycles. The molecular formula is C22H32ClN5O5. The van der Waals surface area contributed by atoms with Gasteiger partial charge in [0.25, 0.3) is 5.09 Å². The van der Waals surface area contributed by atoms with Crippen molar-refractivity contribution in [3.05, 3.63) is 39.7 Å². The van der Waals surface area contributed by atoms with Crippen molar-refractivity contribution in [2.24, 2.45) is 0 Å². The number of piperazine rings is 1. The first-order valence-corrected chi connectivity index (χ1v) is 11.5. The molecule has 33 heavy (non-hydrogen) atoms. The Balaban J connectivity index is 0.00000259. The lowest BCUT2D eigenvalue weighted by Gasteiger charge is -2.37. The van der Waals surface area contributed by atoms with E-state index >= 15 is 0 Å². The molecule has 1 aromatic carbocycles. The van der Waals surface area contributed by atoms with E-state index in [1.165, 1.54) is 16.6 Å². The topological polar surface area (TPSA) is 95.1 Å². The Labute approximate surface area is 199 Å². The van der Waals surface area contributed by atoms with E-state index in [0.717, 1.165) is 57.6 Å². The molecule has 3 saturated heterocycles. The fourth-order valence-electron chi connectivity index (χ4n) is 5.25. The first-order chi connectivity index (χ1) is 15.5. The van der Waals surface area contributed by atoms with Crippen molar-refractivity contribution in [2.45, 2.75) is 57.8 Å². The molecule has 0 radical (unpaired) electrons. The molecule has 10 nitrogen and oxygen atoms in total. The van der Waals surface area contributed by atoms with E-state index in [9.17, 15) is 10.1 Å². The third-order valence-electron chi connectivity index (χ3n) is 7.17. The highest BCUT2D eigenvalue weighted by Gasteiger charge is 2.49. The van der Waals surface area contributed by atoms with Crippen LogP contribution in [-0.4, -0.2) is 88.3 Å². The van der Waals surface area contributed by atoms with E-state index in [1.807, 2.05) is 6.33 Å². The van der Waals surface area contributed by atoms with Gasteiger partial charge in [0.1, 0.15) is 12.3 Å². The normalized spacial score (nSPS) is 28.1. The highest BCUT2D eigenvalue weighted by molar-refractivity contribution is 5.85. The number of aryl methyl sites for hydroxylation is 3. The van der Waals surface area contributed by atoms with Gasteiger partial charge in [0.2, 0.25) is 0 Å². The van der Waals surface area contributed by atoms with Gasteiger partial charge < -0.3 is 23.8 Å². The Kier molecular flexibility index (Phi) is 7.40. The molecule has 3 aliphatic rings. The van der Waals surface area contributed by atoms with E-state index < -0.39 is 11.2 Å². The zero-order valence-electron chi connectivity index (χ0n) is 19.1. The molecule has 182 valence electrons. The van der Waals surface area contributed by atoms with Gasteiger partial charge in [0.15, 0.2) is 6.10 Å². The maximum absolute atomic E-state index is 10.7. The van der Waals surface area contributed by atoms with Crippen LogP contribution < -0.4 is 0 Å². The Morgan fingerprint density at radius 2 is 2.00 bits per heavy atom. The fraction of sp³-hybridized carbons (Fsp3) is 0.682. The molecule has 1 aromatic heterocycles. The molecule has 0 amide bonds. The SMILES string of the molecule is Cc1ccc2ncn(CCCN3CCN([C@@H]4C[C@H]5OC[C@H](O[N+](=O)[O-])[C@H]5O4)CC3)c2c1C.Cl. The molecule has 0 spiro atoms. The fourth-order valence-corrected chi connectivity index (χ4v) is 5.25. The van der Waals surface area contributed by atoms with Crippen LogP contribution in [0.2, 0.25) is 0 Å². The van der Waals surface area contributed by atoms with E-state index in [2.05, 4.69) is 45.3 Å². The standard InChI is InChI=1S/C22H31N5O5.ClH/c1-15-4-5-17-21(16(15)2)26(14-23-17)7-3-6-24-8-10-25(11-9-24)20-12-18-22(31-20)19(13-30-18)32-27(28)29;/h4-5,14,18-20,22H,3,6-13H2,1-2H3;1H/t18-,19+,20+,22+;/m1./s1. The molecule has 0 saturated carbocycles. The molecular weight excluding hydrogens is 450 g/mol. The summed E-state index contributed by atoms with van der Waals surface area (Å²) in [5.41, 5.74) is 4.93. The third-order valence-corrected chi connectivity index (χ3v) is 7.17. The molecule has 0 bridgehead atoms. The minimum Gasteiger partial charge on any atom is -0.373 e. The van der Waals surface area contributed by atoms with Crippen LogP contribution in [0.1, 0.15) is 24.0 Å². The van der Waals surface area contributed by atoms with Crippen LogP contribution in [-0.2, 0) is 20.9 Å². The van der Waals surface area contributed by atoms with Crippen molar-refractivity contribution in [1.29, 1.82) is 0 Å². The second kappa shape index (κ2) is 10.1. The van der Waals surface area contributed by atoms with Crippen molar-refractivity contribution >= 4 is 23.4 Å². The van der Waals surface area contributed by atoms with Crippen LogP contribution in [0.4, 0.5) is 0 Å². The third kappa shape index (κ3) is 4.95. The first-order valence-electron chi connectivity index (χ1n) is 11.5. The summed E-state index contributed by atoms with van der Waals surface area (Å²) in [7, 11) is 0. The number of fused-ring (bicyclic) bond motifs is 2. The smallest absolute Gasteiger partial charge is 0.294 e. The highest BCUT2D eigenvalue weighted by atomic mass is 35.5. The van der Waals surface area contributed by atoms with Crippen molar-refractivity contribution in [2.75, 3.05) is 39.3 Å². The minimum atomic E-state index is -0.749. The molecule has 3 aliphatic heterocycles. The lowest BCUT2D eigenvalue weighted by Crippen LogP contribution is -2.51. The summed E-state index contributed by atoms with van der Waals surface area (Å²) in [4.78, 5) is 24.8. The van der Waals surface area contributed by atoms with Crippen molar-refractivity contribution < 1.29 is 19.4 Å². The quantitative estimate of drug-likeness (QED) is 0.438. The van der Waals surface area contributed by atoms with Gasteiger partial charge in [-0.15, -0.1) is 22.5 Å². The molecule has 5 rings (SSSR count). The van der Waals surface area contributed by atoms with Gasteiger partial charge in [-0.2, -0.15) is 0 Å². The minimum absolute atomic E-state index is 0. The molecule has 0 aliphatic carbocycles. The zero-order chi connectivity index (χ0) is 22.2. The monoisotopic (exact) mass is 481 g/mol. The number of benzene rings is 1. The largest absolute Gasteiger partial charge is 0.373 e. The summed E-state index contributed by atoms with van der Waals surface area (Å²) in [6, 6.07) is 4.24. The van der Waals surface area contributed by atoms with Gasteiger partial charge >= 0.3 is 0 Å². The maximum atomic E-state index is 10.7. The van der Waals surface area contributed by atoms with E-state index in [-0.39, 0.29) is 37.4 Å². The predicted molar refractivity (Wildman–Crippen MR) is 124 cm³/mol. The van der Waals surface area contributed by atoms with Crippen LogP contribution >= 0.6 is 12.4 Å². The number of imidazole rings is 1. The zero-order valence-corrected chi connectivity index (χ0v) is 19.9. The van der Waals surface area contributed by atoms with Crippen molar-refractivity contribution in [3.63, 3.8) is 0 Å². The number of aromatic nitrogens is 2. The molecule has 11 heteroatoms. The lowest BCUT2D eigenvalue weighted by molar-refractivity contribution is -0.769. The van der Waals surface area contributed by atoms with E-state index in [4.69, 9.17) is 14.3 Å². The average Bonchev–Trinajstić information content (AvgIpc) is 3.47. The highest BCUT2D eigenvalue weighted by Crippen LogP contribution is 2.34. The number of halogens is 1. The summed E-state index contributed by atoms with van der Waals surface area (Å²) >= 11 is 0. The van der Waals surface area contributed by atoms with Crippen LogP contribution in [0, 0.1) is 24.0 Å². The van der Waals surface area contributed by atoms with Crippen LogP contribution in [0.5, 0.6) is 0 Å². The van der Waals surface area contributed by atoms with E-state index in [1.54, 1.807) is 0 Å². The van der Waals surface area contributed by atoms with Gasteiger partial charge in [-0.1, -0.05) is 6.07 Å². The van der Waals surface area contributed by atoms with Gasteiger partial charge in [-0.3, -0.25) is 4.90 Å². The van der Waals surface area contributed by atoms with Gasteiger partial charge in [0, 0.05) is 39.1 Å². The Hall–Kier alpha value is -1.98. The van der Waals surface area contributed by atoms with Crippen molar-refractivity contribution in [1.82, 2.24) is 19.4 Å². The second-order valence-electron chi connectivity index (χ2n) is 9.07. The number of nitrogens with zero attached hydrogens (tertiary/aromatic N) is 5. The van der Waals surface area contributed by atoms with Crippen molar-refractivity contribution in [3.8, 4) is 0 Å². The summed E-state index contributed by atoms with van der Waals surface area (Å²) in [6.45, 7) is 10.4. The number of rotatable bonds is 7. The Morgan fingerprint density at radius 1 is 1.21 bits per heavy atom.